The third kappa shape index (κ3) is 9.21. The Labute approximate surface area is 160 Å². The van der Waals surface area contributed by atoms with Crippen molar-refractivity contribution in [2.75, 3.05) is 12.4 Å². The van der Waals surface area contributed by atoms with Gasteiger partial charge in [0.1, 0.15) is 18.1 Å². The zero-order chi connectivity index (χ0) is 21.1. The number of carbonyl (C=O) groups is 5. The molecule has 154 valence electrons. The van der Waals surface area contributed by atoms with Crippen LogP contribution in [0.3, 0.4) is 0 Å². The van der Waals surface area contributed by atoms with Crippen LogP contribution in [0.5, 0.6) is 0 Å². The first-order chi connectivity index (χ1) is 12.5. The smallest absolute Gasteiger partial charge is 0.328 e. The molecule has 0 saturated carbocycles. The lowest BCUT2D eigenvalue weighted by atomic mass is 10.1. The number of aliphatic carboxylic acids is 1. The summed E-state index contributed by atoms with van der Waals surface area (Å²) < 4.78 is 0. The number of hydrogen-bond acceptors (Lipinski definition) is 8. The van der Waals surface area contributed by atoms with Gasteiger partial charge in [-0.1, -0.05) is 0 Å². The molecule has 4 atom stereocenters. The number of carbonyl (C=O) groups excluding carboxylic acids is 4. The van der Waals surface area contributed by atoms with E-state index in [0.717, 1.165) is 0 Å². The minimum absolute atomic E-state index is 0.0204. The zero-order valence-corrected chi connectivity index (χ0v) is 15.6. The molecule has 0 fully saturated rings. The van der Waals surface area contributed by atoms with Crippen LogP contribution in [-0.2, 0) is 24.0 Å². The monoisotopic (exact) mass is 407 g/mol. The van der Waals surface area contributed by atoms with Crippen molar-refractivity contribution in [2.24, 2.45) is 11.5 Å². The Hall–Kier alpha value is -2.38. The van der Waals surface area contributed by atoms with Crippen molar-refractivity contribution in [1.29, 1.82) is 0 Å². The molecule has 27 heavy (non-hydrogen) atoms. The Balaban J connectivity index is 4.98. The third-order valence-corrected chi connectivity index (χ3v) is 3.79. The van der Waals surface area contributed by atoms with Gasteiger partial charge in [-0.2, -0.15) is 12.6 Å². The predicted octanol–water partition coefficient (Wildman–Crippen LogP) is -3.94. The second-order valence-corrected chi connectivity index (χ2v) is 6.03. The van der Waals surface area contributed by atoms with Gasteiger partial charge in [0.2, 0.25) is 23.6 Å². The van der Waals surface area contributed by atoms with Crippen LogP contribution < -0.4 is 27.4 Å². The molecular weight excluding hydrogens is 382 g/mol. The number of nitrogens with one attached hydrogen (secondary N) is 3. The molecule has 0 bridgehead atoms. The van der Waals surface area contributed by atoms with Gasteiger partial charge in [-0.05, 0) is 13.3 Å². The summed E-state index contributed by atoms with van der Waals surface area (Å²) in [6.07, 6.45) is -0.338. The van der Waals surface area contributed by atoms with E-state index in [1.165, 1.54) is 6.92 Å². The van der Waals surface area contributed by atoms with E-state index in [4.69, 9.17) is 21.7 Å². The molecule has 13 heteroatoms. The van der Waals surface area contributed by atoms with Crippen molar-refractivity contribution in [3.05, 3.63) is 0 Å². The SMILES string of the molecule is CC(NC(=O)C(CCC(N)=O)NC(=O)C(N)CS)C(=O)NC(CO)C(=O)O. The highest BCUT2D eigenvalue weighted by Crippen LogP contribution is 2.00. The van der Waals surface area contributed by atoms with E-state index in [-0.39, 0.29) is 18.6 Å². The zero-order valence-electron chi connectivity index (χ0n) is 14.7. The predicted molar refractivity (Wildman–Crippen MR) is 96.4 cm³/mol. The van der Waals surface area contributed by atoms with Gasteiger partial charge in [-0.25, -0.2) is 4.79 Å². The minimum atomic E-state index is -1.53. The van der Waals surface area contributed by atoms with Gasteiger partial charge >= 0.3 is 5.97 Å². The second kappa shape index (κ2) is 12.1. The first-order valence-electron chi connectivity index (χ1n) is 7.93. The van der Waals surface area contributed by atoms with Crippen LogP contribution in [0.4, 0.5) is 0 Å². The summed E-state index contributed by atoms with van der Waals surface area (Å²) in [5, 5.41) is 24.4. The standard InChI is InChI=1S/C14H25N5O7S/c1-6(11(22)19-9(4-20)14(25)26)17-13(24)8(2-3-10(16)21)18-12(23)7(15)5-27/h6-9,20,27H,2-5,15H2,1H3,(H2,16,21)(H,17,24)(H,18,23)(H,19,22)(H,25,26). The molecule has 0 aromatic heterocycles. The van der Waals surface area contributed by atoms with Gasteiger partial charge in [-0.3, -0.25) is 19.2 Å². The van der Waals surface area contributed by atoms with E-state index < -0.39 is 60.4 Å². The first kappa shape index (κ1) is 24.6. The fraction of sp³-hybridized carbons (Fsp3) is 0.643. The summed E-state index contributed by atoms with van der Waals surface area (Å²) in [5.74, 6) is -4.47. The number of nitrogens with two attached hydrogens (primary N) is 2. The summed E-state index contributed by atoms with van der Waals surface area (Å²) >= 11 is 3.87. The normalized spacial score (nSPS) is 15.0. The van der Waals surface area contributed by atoms with Crippen LogP contribution in [0, 0.1) is 0 Å². The lowest BCUT2D eigenvalue weighted by Gasteiger charge is -2.22. The van der Waals surface area contributed by atoms with E-state index in [1.807, 2.05) is 5.32 Å². The number of amides is 4. The third-order valence-electron chi connectivity index (χ3n) is 3.40. The van der Waals surface area contributed by atoms with Crippen molar-refractivity contribution >= 4 is 42.2 Å². The first-order valence-corrected chi connectivity index (χ1v) is 8.56. The second-order valence-electron chi connectivity index (χ2n) is 5.67. The van der Waals surface area contributed by atoms with E-state index >= 15 is 0 Å². The summed E-state index contributed by atoms with van der Waals surface area (Å²) in [6, 6.07) is -4.90. The highest BCUT2D eigenvalue weighted by molar-refractivity contribution is 7.80. The van der Waals surface area contributed by atoms with Crippen LogP contribution in [-0.4, -0.2) is 76.3 Å². The maximum Gasteiger partial charge on any atom is 0.328 e. The lowest BCUT2D eigenvalue weighted by molar-refractivity contribution is -0.143. The molecule has 0 aromatic carbocycles. The Bertz CT molecular complexity index is 574. The minimum Gasteiger partial charge on any atom is -0.480 e. The Morgan fingerprint density at radius 2 is 1.56 bits per heavy atom. The van der Waals surface area contributed by atoms with E-state index in [1.54, 1.807) is 0 Å². The molecule has 0 aliphatic rings. The van der Waals surface area contributed by atoms with Gasteiger partial charge in [0.15, 0.2) is 0 Å². The topological polar surface area (TPSA) is 214 Å². The quantitative estimate of drug-likeness (QED) is 0.149. The van der Waals surface area contributed by atoms with Crippen molar-refractivity contribution in [3.8, 4) is 0 Å². The summed E-state index contributed by atoms with van der Waals surface area (Å²) in [6.45, 7) is 0.441. The van der Waals surface area contributed by atoms with Crippen molar-refractivity contribution in [2.45, 2.75) is 43.9 Å². The average Bonchev–Trinajstić information content (AvgIpc) is 2.60. The number of hydrogen-bond donors (Lipinski definition) is 8. The fourth-order valence-corrected chi connectivity index (χ4v) is 1.94. The van der Waals surface area contributed by atoms with Crippen molar-refractivity contribution in [3.63, 3.8) is 0 Å². The fourth-order valence-electron chi connectivity index (χ4n) is 1.78. The van der Waals surface area contributed by atoms with Crippen LogP contribution >= 0.6 is 12.6 Å². The molecule has 0 heterocycles. The molecular formula is C14H25N5O7S. The van der Waals surface area contributed by atoms with Crippen LogP contribution in [0.2, 0.25) is 0 Å². The number of aliphatic hydroxyl groups excluding tert-OH is 1. The highest BCUT2D eigenvalue weighted by atomic mass is 32.1. The van der Waals surface area contributed by atoms with Gasteiger partial charge in [-0.15, -0.1) is 0 Å². The van der Waals surface area contributed by atoms with E-state index in [9.17, 15) is 24.0 Å². The summed E-state index contributed by atoms with van der Waals surface area (Å²) in [7, 11) is 0. The molecule has 0 aliphatic heterocycles. The number of rotatable bonds is 12. The maximum atomic E-state index is 12.3. The molecule has 0 aromatic rings. The van der Waals surface area contributed by atoms with Gasteiger partial charge in [0.05, 0.1) is 12.6 Å². The Kier molecular flexibility index (Phi) is 11.0. The number of aliphatic hydroxyl groups is 1. The molecule has 12 nitrogen and oxygen atoms in total. The molecule has 0 aliphatic carbocycles. The van der Waals surface area contributed by atoms with Crippen molar-refractivity contribution < 1.29 is 34.2 Å². The number of primary amides is 1. The molecule has 0 rings (SSSR count). The Morgan fingerprint density at radius 1 is 1.00 bits per heavy atom. The Morgan fingerprint density at radius 3 is 2.00 bits per heavy atom. The highest BCUT2D eigenvalue weighted by Gasteiger charge is 2.28. The lowest BCUT2D eigenvalue weighted by Crippen LogP contribution is -2.57. The molecule has 4 unspecified atom stereocenters. The summed E-state index contributed by atoms with van der Waals surface area (Å²) in [5.41, 5.74) is 10.6. The number of carboxylic acids is 1. The number of carboxylic acid groups (broad SMARTS) is 1. The van der Waals surface area contributed by atoms with Crippen LogP contribution in [0.1, 0.15) is 19.8 Å². The molecule has 4 amide bonds. The van der Waals surface area contributed by atoms with Crippen molar-refractivity contribution in [1.82, 2.24) is 16.0 Å². The van der Waals surface area contributed by atoms with E-state index in [0.29, 0.717) is 0 Å². The van der Waals surface area contributed by atoms with Gasteiger partial charge in [0, 0.05) is 12.2 Å². The molecule has 0 saturated heterocycles. The largest absolute Gasteiger partial charge is 0.480 e. The van der Waals surface area contributed by atoms with Gasteiger partial charge < -0.3 is 37.6 Å². The molecule has 9 N–H and O–H groups in total. The van der Waals surface area contributed by atoms with Gasteiger partial charge in [0.25, 0.3) is 0 Å². The maximum absolute atomic E-state index is 12.3. The summed E-state index contributed by atoms with van der Waals surface area (Å²) in [4.78, 5) is 57.9. The van der Waals surface area contributed by atoms with Crippen LogP contribution in [0.25, 0.3) is 0 Å². The molecule has 0 radical (unpaired) electrons. The average molecular weight is 407 g/mol. The molecule has 0 spiro atoms. The number of thiol groups is 1. The van der Waals surface area contributed by atoms with E-state index in [2.05, 4.69) is 23.3 Å². The van der Waals surface area contributed by atoms with Crippen LogP contribution in [0.15, 0.2) is 0 Å².